The Morgan fingerprint density at radius 2 is 2.00 bits per heavy atom. The van der Waals surface area contributed by atoms with Gasteiger partial charge in [0.2, 0.25) is 10.0 Å². The summed E-state index contributed by atoms with van der Waals surface area (Å²) >= 11 is 5.58. The van der Waals surface area contributed by atoms with Gasteiger partial charge >= 0.3 is 0 Å². The zero-order chi connectivity index (χ0) is 19.5. The van der Waals surface area contributed by atoms with E-state index in [9.17, 15) is 28.0 Å². The zero-order valence-electron chi connectivity index (χ0n) is 13.4. The molecule has 0 aliphatic heterocycles. The van der Waals surface area contributed by atoms with Crippen molar-refractivity contribution < 1.29 is 22.8 Å². The standard InChI is InChI=1S/C15H15ClFN3O5S/c1-18-26(24,25)10-3-5-13(14(7-10)20(22)23)19-8-15(21)9-2-4-11(16)12(17)6-9/h2-7,15,18-19,21H,8H2,1H3. The fourth-order valence-electron chi connectivity index (χ4n) is 2.14. The highest BCUT2D eigenvalue weighted by Gasteiger charge is 2.21. The molecule has 0 amide bonds. The van der Waals surface area contributed by atoms with Crippen molar-refractivity contribution in [2.75, 3.05) is 18.9 Å². The van der Waals surface area contributed by atoms with Crippen LogP contribution in [0.15, 0.2) is 41.3 Å². The van der Waals surface area contributed by atoms with Gasteiger partial charge in [0.15, 0.2) is 0 Å². The first-order valence-corrected chi connectivity index (χ1v) is 9.10. The Morgan fingerprint density at radius 3 is 2.58 bits per heavy atom. The summed E-state index contributed by atoms with van der Waals surface area (Å²) in [4.78, 5) is 10.2. The Bertz CT molecular complexity index is 939. The summed E-state index contributed by atoms with van der Waals surface area (Å²) < 4.78 is 39.0. The first-order chi connectivity index (χ1) is 12.2. The van der Waals surface area contributed by atoms with Gasteiger partial charge in [0.25, 0.3) is 5.69 Å². The molecule has 0 aliphatic carbocycles. The number of halogens is 2. The number of hydrogen-bond donors (Lipinski definition) is 3. The van der Waals surface area contributed by atoms with Gasteiger partial charge in [-0.15, -0.1) is 0 Å². The first-order valence-electron chi connectivity index (χ1n) is 7.24. The van der Waals surface area contributed by atoms with Crippen LogP contribution in [0, 0.1) is 15.9 Å². The molecule has 2 aromatic rings. The number of benzene rings is 2. The summed E-state index contributed by atoms with van der Waals surface area (Å²) in [6.07, 6.45) is -1.16. The smallest absolute Gasteiger partial charge is 0.293 e. The molecule has 0 saturated heterocycles. The lowest BCUT2D eigenvalue weighted by atomic mass is 10.1. The molecule has 140 valence electrons. The van der Waals surface area contributed by atoms with Crippen LogP contribution in [-0.4, -0.2) is 32.0 Å². The van der Waals surface area contributed by atoms with E-state index in [0.717, 1.165) is 12.1 Å². The highest BCUT2D eigenvalue weighted by Crippen LogP contribution is 2.28. The fourth-order valence-corrected chi connectivity index (χ4v) is 3.01. The van der Waals surface area contributed by atoms with Crippen LogP contribution in [0.4, 0.5) is 15.8 Å². The van der Waals surface area contributed by atoms with E-state index < -0.39 is 32.6 Å². The van der Waals surface area contributed by atoms with Crippen LogP contribution in [0.5, 0.6) is 0 Å². The minimum Gasteiger partial charge on any atom is -0.387 e. The molecule has 26 heavy (non-hydrogen) atoms. The Kier molecular flexibility index (Phi) is 6.13. The molecule has 0 radical (unpaired) electrons. The number of nitro groups is 1. The van der Waals surface area contributed by atoms with Crippen LogP contribution in [0.2, 0.25) is 5.02 Å². The number of nitrogens with zero attached hydrogens (tertiary/aromatic N) is 1. The predicted molar refractivity (Wildman–Crippen MR) is 94.2 cm³/mol. The molecule has 8 nitrogen and oxygen atoms in total. The maximum absolute atomic E-state index is 13.4. The second-order valence-electron chi connectivity index (χ2n) is 5.21. The van der Waals surface area contributed by atoms with Crippen LogP contribution in [0.3, 0.4) is 0 Å². The van der Waals surface area contributed by atoms with Crippen molar-refractivity contribution in [2.45, 2.75) is 11.0 Å². The largest absolute Gasteiger partial charge is 0.387 e. The van der Waals surface area contributed by atoms with Gasteiger partial charge in [-0.25, -0.2) is 17.5 Å². The van der Waals surface area contributed by atoms with Gasteiger partial charge in [-0.1, -0.05) is 17.7 Å². The number of aliphatic hydroxyl groups is 1. The molecule has 1 atom stereocenters. The molecule has 0 saturated carbocycles. The van der Waals surface area contributed by atoms with Crippen molar-refractivity contribution in [3.63, 3.8) is 0 Å². The van der Waals surface area contributed by atoms with Gasteiger partial charge in [0.1, 0.15) is 11.5 Å². The van der Waals surface area contributed by atoms with Crippen molar-refractivity contribution in [1.29, 1.82) is 0 Å². The number of nitrogens with one attached hydrogen (secondary N) is 2. The number of aliphatic hydroxyl groups excluding tert-OH is 1. The van der Waals surface area contributed by atoms with Gasteiger partial charge in [0.05, 0.1) is 20.9 Å². The maximum Gasteiger partial charge on any atom is 0.293 e. The lowest BCUT2D eigenvalue weighted by molar-refractivity contribution is -0.384. The number of sulfonamides is 1. The third-order valence-corrected chi connectivity index (χ3v) is 5.28. The van der Waals surface area contributed by atoms with E-state index in [1.165, 1.54) is 31.3 Å². The Labute approximate surface area is 153 Å². The van der Waals surface area contributed by atoms with Crippen molar-refractivity contribution in [3.8, 4) is 0 Å². The summed E-state index contributed by atoms with van der Waals surface area (Å²) in [5.74, 6) is -0.698. The van der Waals surface area contributed by atoms with Crippen molar-refractivity contribution in [1.82, 2.24) is 4.72 Å². The summed E-state index contributed by atoms with van der Waals surface area (Å²) in [7, 11) is -2.65. The summed E-state index contributed by atoms with van der Waals surface area (Å²) in [6.45, 7) is -0.167. The van der Waals surface area contributed by atoms with Crippen molar-refractivity contribution >= 4 is 33.0 Å². The number of nitro benzene ring substituents is 1. The minimum absolute atomic E-state index is 0.0125. The second-order valence-corrected chi connectivity index (χ2v) is 7.51. The summed E-state index contributed by atoms with van der Waals surface area (Å²) in [5.41, 5.74) is -0.231. The highest BCUT2D eigenvalue weighted by molar-refractivity contribution is 7.89. The van der Waals surface area contributed by atoms with E-state index in [0.29, 0.717) is 0 Å². The lowest BCUT2D eigenvalue weighted by Crippen LogP contribution is -2.19. The van der Waals surface area contributed by atoms with Gasteiger partial charge in [-0.2, -0.15) is 0 Å². The van der Waals surface area contributed by atoms with Crippen LogP contribution in [-0.2, 0) is 10.0 Å². The van der Waals surface area contributed by atoms with Crippen molar-refractivity contribution in [3.05, 3.63) is 62.9 Å². The Hall–Kier alpha value is -2.27. The SMILES string of the molecule is CNS(=O)(=O)c1ccc(NCC(O)c2ccc(Cl)c(F)c2)c([N+](=O)[O-])c1. The average Bonchev–Trinajstić information content (AvgIpc) is 2.61. The van der Waals surface area contributed by atoms with E-state index in [-0.39, 0.29) is 27.7 Å². The molecule has 1 unspecified atom stereocenters. The van der Waals surface area contributed by atoms with Gasteiger partial charge < -0.3 is 10.4 Å². The maximum atomic E-state index is 13.4. The molecule has 11 heteroatoms. The summed E-state index contributed by atoms with van der Waals surface area (Å²) in [5, 5.41) is 23.9. The molecule has 2 aromatic carbocycles. The van der Waals surface area contributed by atoms with E-state index in [4.69, 9.17) is 11.6 Å². The lowest BCUT2D eigenvalue weighted by Gasteiger charge is -2.14. The normalized spacial score (nSPS) is 12.6. The highest BCUT2D eigenvalue weighted by atomic mass is 35.5. The zero-order valence-corrected chi connectivity index (χ0v) is 15.0. The van der Waals surface area contributed by atoms with E-state index in [1.807, 2.05) is 0 Å². The van der Waals surface area contributed by atoms with E-state index in [2.05, 4.69) is 10.0 Å². The topological polar surface area (TPSA) is 122 Å². The molecular formula is C15H15ClFN3O5S. The predicted octanol–water partition coefficient (Wildman–Crippen LogP) is 2.44. The third-order valence-electron chi connectivity index (χ3n) is 3.56. The molecule has 0 aliphatic rings. The van der Waals surface area contributed by atoms with Crippen LogP contribution in [0.1, 0.15) is 11.7 Å². The second kappa shape index (κ2) is 7.96. The molecule has 2 rings (SSSR count). The van der Waals surface area contributed by atoms with Crippen LogP contribution >= 0.6 is 11.6 Å². The fraction of sp³-hybridized carbons (Fsp3) is 0.200. The van der Waals surface area contributed by atoms with Gasteiger partial charge in [0, 0.05) is 12.6 Å². The van der Waals surface area contributed by atoms with Gasteiger partial charge in [-0.3, -0.25) is 10.1 Å². The third kappa shape index (κ3) is 4.47. The van der Waals surface area contributed by atoms with E-state index >= 15 is 0 Å². The summed E-state index contributed by atoms with van der Waals surface area (Å²) in [6, 6.07) is 7.09. The molecule has 0 bridgehead atoms. The van der Waals surface area contributed by atoms with E-state index in [1.54, 1.807) is 0 Å². The Morgan fingerprint density at radius 1 is 1.31 bits per heavy atom. The van der Waals surface area contributed by atoms with Gasteiger partial charge in [-0.05, 0) is 36.9 Å². The Balaban J connectivity index is 2.23. The average molecular weight is 404 g/mol. The monoisotopic (exact) mass is 403 g/mol. The molecule has 0 aromatic heterocycles. The number of hydrogen-bond acceptors (Lipinski definition) is 6. The van der Waals surface area contributed by atoms with Crippen molar-refractivity contribution in [2.24, 2.45) is 0 Å². The molecular weight excluding hydrogens is 389 g/mol. The molecule has 0 heterocycles. The first kappa shape index (κ1) is 20.0. The quantitative estimate of drug-likeness (QED) is 0.482. The number of rotatable bonds is 7. The minimum atomic E-state index is -3.84. The molecule has 0 fully saturated rings. The molecule has 0 spiro atoms. The number of anilines is 1. The van der Waals surface area contributed by atoms with Crippen LogP contribution in [0.25, 0.3) is 0 Å². The molecule has 3 N–H and O–H groups in total. The van der Waals surface area contributed by atoms with Crippen LogP contribution < -0.4 is 10.0 Å².